The van der Waals surface area contributed by atoms with Crippen molar-refractivity contribution in [2.24, 2.45) is 0 Å². The van der Waals surface area contributed by atoms with Gasteiger partial charge in [-0.15, -0.1) is 0 Å². The maximum atomic E-state index is 12.1. The van der Waals surface area contributed by atoms with Crippen molar-refractivity contribution < 1.29 is 13.5 Å². The highest BCUT2D eigenvalue weighted by molar-refractivity contribution is 9.10. The van der Waals surface area contributed by atoms with Crippen molar-refractivity contribution in [1.82, 2.24) is 15.0 Å². The van der Waals surface area contributed by atoms with Crippen LogP contribution in [0, 0.1) is 0 Å². The fourth-order valence-electron chi connectivity index (χ4n) is 1.81. The van der Waals surface area contributed by atoms with Gasteiger partial charge in [0.1, 0.15) is 11.6 Å². The number of H-pyrrole nitrogens is 1. The number of nitrogens with one attached hydrogen (secondary N) is 1. The first-order valence-corrected chi connectivity index (χ1v) is 6.47. The molecule has 0 unspecified atom stereocenters. The number of alkyl halides is 2. The molecule has 0 fully saturated rings. The van der Waals surface area contributed by atoms with Crippen LogP contribution < -0.4 is 4.74 Å². The maximum absolute atomic E-state index is 12.1. The Bertz CT molecular complexity index is 743. The molecule has 1 aromatic carbocycles. The molecule has 0 spiro atoms. The van der Waals surface area contributed by atoms with Crippen molar-refractivity contribution in [2.45, 2.75) is 6.61 Å². The van der Waals surface area contributed by atoms with Gasteiger partial charge in [0.25, 0.3) is 0 Å². The SMILES string of the molecule is FC(F)Oc1ccc(-c2nc3ncc(Br)cc3[nH]2)cc1. The predicted molar refractivity (Wildman–Crippen MR) is 73.7 cm³/mol. The topological polar surface area (TPSA) is 50.8 Å². The lowest BCUT2D eigenvalue weighted by Crippen LogP contribution is -2.01. The van der Waals surface area contributed by atoms with Gasteiger partial charge in [-0.3, -0.25) is 0 Å². The van der Waals surface area contributed by atoms with Crippen LogP contribution in [0.15, 0.2) is 41.0 Å². The monoisotopic (exact) mass is 339 g/mol. The van der Waals surface area contributed by atoms with Crippen molar-refractivity contribution in [3.05, 3.63) is 41.0 Å². The molecule has 1 N–H and O–H groups in total. The molecule has 0 amide bonds. The lowest BCUT2D eigenvalue weighted by Gasteiger charge is -2.04. The zero-order valence-corrected chi connectivity index (χ0v) is 11.6. The van der Waals surface area contributed by atoms with Crippen molar-refractivity contribution in [1.29, 1.82) is 0 Å². The minimum Gasteiger partial charge on any atom is -0.435 e. The largest absolute Gasteiger partial charge is 0.435 e. The fourth-order valence-corrected chi connectivity index (χ4v) is 2.14. The summed E-state index contributed by atoms with van der Waals surface area (Å²) in [6, 6.07) is 8.12. The Balaban J connectivity index is 1.94. The van der Waals surface area contributed by atoms with Gasteiger partial charge in [0.15, 0.2) is 5.65 Å². The number of imidazole rings is 1. The van der Waals surface area contributed by atoms with Crippen LogP contribution in [0.1, 0.15) is 0 Å². The van der Waals surface area contributed by atoms with Crippen LogP contribution in [-0.2, 0) is 0 Å². The standard InChI is InChI=1S/C13H8BrF2N3O/c14-8-5-10-12(17-6-8)19-11(18-10)7-1-3-9(4-2-7)20-13(15)16/h1-6,13H,(H,17,18,19). The summed E-state index contributed by atoms with van der Waals surface area (Å²) < 4.78 is 29.3. The van der Waals surface area contributed by atoms with Gasteiger partial charge in [-0.25, -0.2) is 9.97 Å². The van der Waals surface area contributed by atoms with E-state index in [1.54, 1.807) is 18.3 Å². The van der Waals surface area contributed by atoms with Gasteiger partial charge in [-0.2, -0.15) is 8.78 Å². The molecule has 0 aliphatic heterocycles. The van der Waals surface area contributed by atoms with Gasteiger partial charge < -0.3 is 9.72 Å². The zero-order valence-electron chi connectivity index (χ0n) is 9.98. The predicted octanol–water partition coefficient (Wildman–Crippen LogP) is 3.99. The van der Waals surface area contributed by atoms with Crippen LogP contribution in [0.3, 0.4) is 0 Å². The third-order valence-electron chi connectivity index (χ3n) is 2.66. The van der Waals surface area contributed by atoms with Gasteiger partial charge in [-0.1, -0.05) is 0 Å². The van der Waals surface area contributed by atoms with E-state index in [-0.39, 0.29) is 5.75 Å². The Morgan fingerprint density at radius 2 is 1.95 bits per heavy atom. The van der Waals surface area contributed by atoms with Crippen LogP contribution in [0.4, 0.5) is 8.78 Å². The quantitative estimate of drug-likeness (QED) is 0.784. The van der Waals surface area contributed by atoms with Crippen LogP contribution in [0.25, 0.3) is 22.6 Å². The highest BCUT2D eigenvalue weighted by Gasteiger charge is 2.08. The number of ether oxygens (including phenoxy) is 1. The van der Waals surface area contributed by atoms with Crippen LogP contribution in [-0.4, -0.2) is 21.6 Å². The number of halogens is 3. The lowest BCUT2D eigenvalue weighted by atomic mass is 10.2. The molecule has 20 heavy (non-hydrogen) atoms. The number of nitrogens with zero attached hydrogens (tertiary/aromatic N) is 2. The van der Waals surface area contributed by atoms with E-state index < -0.39 is 6.61 Å². The molecule has 102 valence electrons. The van der Waals surface area contributed by atoms with Gasteiger partial charge >= 0.3 is 6.61 Å². The Kier molecular flexibility index (Phi) is 3.35. The Morgan fingerprint density at radius 3 is 2.65 bits per heavy atom. The number of aromatic amines is 1. The number of hydrogen-bond acceptors (Lipinski definition) is 3. The molecule has 3 aromatic rings. The fraction of sp³-hybridized carbons (Fsp3) is 0.0769. The summed E-state index contributed by atoms with van der Waals surface area (Å²) in [5.74, 6) is 0.731. The molecule has 0 saturated carbocycles. The summed E-state index contributed by atoms with van der Waals surface area (Å²) >= 11 is 3.33. The van der Waals surface area contributed by atoms with Crippen molar-refractivity contribution >= 4 is 27.1 Å². The molecule has 2 heterocycles. The first kappa shape index (κ1) is 13.0. The van der Waals surface area contributed by atoms with E-state index >= 15 is 0 Å². The highest BCUT2D eigenvalue weighted by Crippen LogP contribution is 2.24. The second-order valence-electron chi connectivity index (χ2n) is 4.01. The molecule has 0 aliphatic carbocycles. The molecule has 2 aromatic heterocycles. The number of pyridine rings is 1. The van der Waals surface area contributed by atoms with E-state index in [0.29, 0.717) is 11.5 Å². The third kappa shape index (κ3) is 2.62. The lowest BCUT2D eigenvalue weighted by molar-refractivity contribution is -0.0498. The molecule has 0 radical (unpaired) electrons. The summed E-state index contributed by atoms with van der Waals surface area (Å²) in [5, 5.41) is 0. The molecule has 0 atom stereocenters. The summed E-state index contributed by atoms with van der Waals surface area (Å²) in [6.45, 7) is -2.83. The number of rotatable bonds is 3. The first-order valence-electron chi connectivity index (χ1n) is 5.68. The van der Waals surface area contributed by atoms with E-state index in [4.69, 9.17) is 0 Å². The Labute approximate surface area is 120 Å². The van der Waals surface area contributed by atoms with E-state index in [9.17, 15) is 8.78 Å². The van der Waals surface area contributed by atoms with Crippen molar-refractivity contribution in [3.8, 4) is 17.1 Å². The minimum absolute atomic E-state index is 0.112. The second-order valence-corrected chi connectivity index (χ2v) is 4.93. The van der Waals surface area contributed by atoms with Crippen LogP contribution in [0.2, 0.25) is 0 Å². The van der Waals surface area contributed by atoms with Crippen molar-refractivity contribution in [2.75, 3.05) is 0 Å². The van der Waals surface area contributed by atoms with Crippen molar-refractivity contribution in [3.63, 3.8) is 0 Å². The van der Waals surface area contributed by atoms with Gasteiger partial charge in [0, 0.05) is 16.2 Å². The summed E-state index contributed by atoms with van der Waals surface area (Å²) in [4.78, 5) is 11.6. The third-order valence-corrected chi connectivity index (χ3v) is 3.09. The average molecular weight is 340 g/mol. The molecule has 0 bridgehead atoms. The first-order chi connectivity index (χ1) is 9.61. The Morgan fingerprint density at radius 1 is 1.20 bits per heavy atom. The maximum Gasteiger partial charge on any atom is 0.387 e. The van der Waals surface area contributed by atoms with E-state index in [1.165, 1.54) is 12.1 Å². The minimum atomic E-state index is -2.83. The average Bonchev–Trinajstić information content (AvgIpc) is 2.81. The van der Waals surface area contributed by atoms with E-state index in [2.05, 4.69) is 35.6 Å². The number of hydrogen-bond donors (Lipinski definition) is 1. The summed E-state index contributed by atoms with van der Waals surface area (Å²) in [7, 11) is 0. The smallest absolute Gasteiger partial charge is 0.387 e. The van der Waals surface area contributed by atoms with Gasteiger partial charge in [0.05, 0.1) is 5.52 Å². The number of aromatic nitrogens is 3. The summed E-state index contributed by atoms with van der Waals surface area (Å²) in [6.07, 6.45) is 1.66. The Hall–Kier alpha value is -2.02. The molecular formula is C13H8BrF2N3O. The molecule has 0 aliphatic rings. The molecule has 0 saturated heterocycles. The second kappa shape index (κ2) is 5.16. The molecule has 7 heteroatoms. The number of fused-ring (bicyclic) bond motifs is 1. The molecule has 3 rings (SSSR count). The van der Waals surface area contributed by atoms with Crippen LogP contribution >= 0.6 is 15.9 Å². The molecule has 4 nitrogen and oxygen atoms in total. The normalized spacial score (nSPS) is 11.2. The van der Waals surface area contributed by atoms with Gasteiger partial charge in [-0.05, 0) is 46.3 Å². The molecular weight excluding hydrogens is 332 g/mol. The summed E-state index contributed by atoms with van der Waals surface area (Å²) in [5.41, 5.74) is 2.15. The highest BCUT2D eigenvalue weighted by atomic mass is 79.9. The van der Waals surface area contributed by atoms with E-state index in [1.807, 2.05) is 6.07 Å². The van der Waals surface area contributed by atoms with E-state index in [0.717, 1.165) is 15.6 Å². The zero-order chi connectivity index (χ0) is 14.1. The van der Waals surface area contributed by atoms with Gasteiger partial charge in [0.2, 0.25) is 0 Å². The van der Waals surface area contributed by atoms with Crippen LogP contribution in [0.5, 0.6) is 5.75 Å². The number of benzene rings is 1.